The highest BCUT2D eigenvalue weighted by Gasteiger charge is 1.57. The van der Waals surface area contributed by atoms with Crippen molar-refractivity contribution in [3.05, 3.63) is 12.7 Å². The lowest BCUT2D eigenvalue weighted by atomic mass is 10.7. The van der Waals surface area contributed by atoms with Crippen molar-refractivity contribution >= 4 is 20.4 Å². The van der Waals surface area contributed by atoms with Crippen molar-refractivity contribution in [1.29, 1.82) is 0 Å². The number of hydrogen-bond donors (Lipinski definition) is 0. The van der Waals surface area contributed by atoms with Gasteiger partial charge in [-0.2, -0.15) is 9.90 Å². The van der Waals surface area contributed by atoms with E-state index in [1.54, 1.807) is 6.08 Å². The standard InChI is InChI=1S/C3H8OSi.H3P/c1-2-3-4-5;/h2H,1,3H2,5H3;1H3. The van der Waals surface area contributed by atoms with Gasteiger partial charge in [0.2, 0.25) is 0 Å². The van der Waals surface area contributed by atoms with E-state index in [1.165, 1.54) is 0 Å². The van der Waals surface area contributed by atoms with Crippen LogP contribution in [0.2, 0.25) is 0 Å². The Morgan fingerprint density at radius 1 is 1.83 bits per heavy atom. The van der Waals surface area contributed by atoms with Gasteiger partial charge in [-0.25, -0.2) is 0 Å². The van der Waals surface area contributed by atoms with Gasteiger partial charge in [-0.1, -0.05) is 6.08 Å². The van der Waals surface area contributed by atoms with Gasteiger partial charge in [-0.05, 0) is 0 Å². The minimum atomic E-state index is 0. The van der Waals surface area contributed by atoms with Crippen molar-refractivity contribution in [2.75, 3.05) is 6.61 Å². The van der Waals surface area contributed by atoms with E-state index in [4.69, 9.17) is 4.43 Å². The van der Waals surface area contributed by atoms with Crippen LogP contribution < -0.4 is 0 Å². The summed E-state index contributed by atoms with van der Waals surface area (Å²) in [6, 6.07) is 0. The molecule has 0 saturated carbocycles. The predicted octanol–water partition coefficient (Wildman–Crippen LogP) is -0.473. The maximum absolute atomic E-state index is 4.71. The molecule has 0 aliphatic carbocycles. The Morgan fingerprint density at radius 2 is 2.33 bits per heavy atom. The molecule has 0 bridgehead atoms. The zero-order chi connectivity index (χ0) is 4.12. The van der Waals surface area contributed by atoms with Crippen LogP contribution in [0.3, 0.4) is 0 Å². The van der Waals surface area contributed by atoms with Gasteiger partial charge in [-0.15, -0.1) is 6.58 Å². The van der Waals surface area contributed by atoms with Crippen molar-refractivity contribution in [2.24, 2.45) is 0 Å². The topological polar surface area (TPSA) is 9.23 Å². The first-order valence-electron chi connectivity index (χ1n) is 1.51. The van der Waals surface area contributed by atoms with E-state index in [2.05, 4.69) is 6.58 Å². The van der Waals surface area contributed by atoms with Gasteiger partial charge in [0, 0.05) is 0 Å². The first-order valence-corrected chi connectivity index (χ1v) is 2.33. The minimum absolute atomic E-state index is 0. The van der Waals surface area contributed by atoms with Crippen LogP contribution in [0.4, 0.5) is 0 Å². The fourth-order valence-electron chi connectivity index (χ4n) is 0.118. The van der Waals surface area contributed by atoms with E-state index in [0.717, 1.165) is 10.5 Å². The van der Waals surface area contributed by atoms with E-state index in [1.807, 2.05) is 0 Å². The first kappa shape index (κ1) is 9.60. The lowest BCUT2D eigenvalue weighted by molar-refractivity contribution is 0.402. The second-order valence-corrected chi connectivity index (χ2v) is 1.32. The molecule has 0 radical (unpaired) electrons. The normalized spacial score (nSPS) is 6.67. The zero-order valence-electron chi connectivity index (χ0n) is 4.11. The van der Waals surface area contributed by atoms with Crippen molar-refractivity contribution in [2.45, 2.75) is 0 Å². The van der Waals surface area contributed by atoms with Gasteiger partial charge in [0.25, 0.3) is 0 Å². The third-order valence-corrected chi connectivity index (χ3v) is 0.618. The number of hydrogen-bond acceptors (Lipinski definition) is 1. The smallest absolute Gasteiger partial charge is 0.146 e. The summed E-state index contributed by atoms with van der Waals surface area (Å²) in [5.41, 5.74) is 0. The molecule has 0 fully saturated rings. The van der Waals surface area contributed by atoms with Crippen LogP contribution in [0, 0.1) is 0 Å². The molecule has 0 aromatic carbocycles. The van der Waals surface area contributed by atoms with Gasteiger partial charge in [-0.3, -0.25) is 0 Å². The highest BCUT2D eigenvalue weighted by molar-refractivity contribution is 6.92. The third-order valence-electron chi connectivity index (χ3n) is 0.285. The lowest BCUT2D eigenvalue weighted by Crippen LogP contribution is -1.79. The van der Waals surface area contributed by atoms with Crippen molar-refractivity contribution in [3.63, 3.8) is 0 Å². The average molecular weight is 122 g/mol. The molecule has 0 saturated heterocycles. The highest BCUT2D eigenvalue weighted by atomic mass is 31.0. The van der Waals surface area contributed by atoms with Gasteiger partial charge in [0.15, 0.2) is 0 Å². The molecular formula is C3H11OPSi. The molecule has 3 heteroatoms. The first-order chi connectivity index (χ1) is 2.41. The molecule has 0 amide bonds. The van der Waals surface area contributed by atoms with Gasteiger partial charge < -0.3 is 4.43 Å². The quantitative estimate of drug-likeness (QED) is 0.273. The van der Waals surface area contributed by atoms with Crippen LogP contribution in [0.5, 0.6) is 0 Å². The molecule has 0 spiro atoms. The molecule has 0 heterocycles. The van der Waals surface area contributed by atoms with E-state index in [0.29, 0.717) is 6.61 Å². The molecule has 1 atom stereocenters. The maximum Gasteiger partial charge on any atom is 0.146 e. The van der Waals surface area contributed by atoms with E-state index in [9.17, 15) is 0 Å². The summed E-state index contributed by atoms with van der Waals surface area (Å²) in [5, 5.41) is 0. The predicted molar refractivity (Wildman–Crippen MR) is 37.2 cm³/mol. The highest BCUT2D eigenvalue weighted by Crippen LogP contribution is 1.59. The second-order valence-electron chi connectivity index (χ2n) is 0.744. The summed E-state index contributed by atoms with van der Waals surface area (Å²) in [4.78, 5) is 0. The summed E-state index contributed by atoms with van der Waals surface area (Å²) in [7, 11) is 0.827. The monoisotopic (exact) mass is 122 g/mol. The summed E-state index contributed by atoms with van der Waals surface area (Å²) >= 11 is 0. The lowest BCUT2D eigenvalue weighted by Gasteiger charge is -1.80. The molecule has 0 aromatic rings. The third kappa shape index (κ3) is 8.84. The molecule has 0 aliphatic rings. The summed E-state index contributed by atoms with van der Waals surface area (Å²) in [6.07, 6.45) is 1.74. The fraction of sp³-hybridized carbons (Fsp3) is 0.333. The van der Waals surface area contributed by atoms with E-state index in [-0.39, 0.29) is 9.90 Å². The minimum Gasteiger partial charge on any atom is -0.424 e. The molecular weight excluding hydrogens is 111 g/mol. The van der Waals surface area contributed by atoms with Crippen LogP contribution >= 0.6 is 9.90 Å². The molecule has 6 heavy (non-hydrogen) atoms. The number of rotatable bonds is 2. The maximum atomic E-state index is 4.71. The largest absolute Gasteiger partial charge is 0.424 e. The summed E-state index contributed by atoms with van der Waals surface area (Å²) in [6.45, 7) is 4.16. The molecule has 0 rings (SSSR count). The Hall–Kier alpha value is 0.347. The summed E-state index contributed by atoms with van der Waals surface area (Å²) < 4.78 is 4.71. The molecule has 0 aromatic heterocycles. The van der Waals surface area contributed by atoms with Gasteiger partial charge in [0.1, 0.15) is 10.5 Å². The van der Waals surface area contributed by atoms with Crippen LogP contribution in [0.25, 0.3) is 0 Å². The van der Waals surface area contributed by atoms with Crippen LogP contribution in [-0.2, 0) is 4.43 Å². The Morgan fingerprint density at radius 3 is 2.33 bits per heavy atom. The van der Waals surface area contributed by atoms with Gasteiger partial charge in [0.05, 0.1) is 6.61 Å². The Bertz CT molecular complexity index is 32.0. The second kappa shape index (κ2) is 9.02. The SMILES string of the molecule is C=CCO[SiH3].P. The Balaban J connectivity index is 0. The average Bonchev–Trinajstić information content (AvgIpc) is 1.41. The molecule has 0 aliphatic heterocycles. The van der Waals surface area contributed by atoms with Crippen LogP contribution in [0.1, 0.15) is 0 Å². The molecule has 0 N–H and O–H groups in total. The molecule has 38 valence electrons. The summed E-state index contributed by atoms with van der Waals surface area (Å²) in [5.74, 6) is 0. The molecule has 1 unspecified atom stereocenters. The fourth-order valence-corrected chi connectivity index (χ4v) is 0.354. The zero-order valence-corrected chi connectivity index (χ0v) is 7.52. The van der Waals surface area contributed by atoms with E-state index >= 15 is 0 Å². The van der Waals surface area contributed by atoms with Gasteiger partial charge >= 0.3 is 0 Å². The van der Waals surface area contributed by atoms with Crippen LogP contribution in [0.15, 0.2) is 12.7 Å². The van der Waals surface area contributed by atoms with Crippen molar-refractivity contribution in [3.8, 4) is 0 Å². The van der Waals surface area contributed by atoms with Crippen molar-refractivity contribution in [1.82, 2.24) is 0 Å². The van der Waals surface area contributed by atoms with Crippen LogP contribution in [-0.4, -0.2) is 17.1 Å². The van der Waals surface area contributed by atoms with E-state index < -0.39 is 0 Å². The Kier molecular flexibility index (Phi) is 14.4. The Labute approximate surface area is 44.9 Å². The molecule has 1 nitrogen and oxygen atoms in total. The van der Waals surface area contributed by atoms with Crippen molar-refractivity contribution < 1.29 is 4.43 Å².